The zero-order chi connectivity index (χ0) is 24.1. The van der Waals surface area contributed by atoms with Gasteiger partial charge in [0.1, 0.15) is 17.5 Å². The van der Waals surface area contributed by atoms with E-state index in [0.29, 0.717) is 13.0 Å². The van der Waals surface area contributed by atoms with Crippen LogP contribution in [0.3, 0.4) is 0 Å². The number of carbonyl (C=O) groups is 3. The smallest absolute Gasteiger partial charge is 0.508 e. The molecule has 0 saturated carbocycles. The van der Waals surface area contributed by atoms with Crippen molar-refractivity contribution in [2.24, 2.45) is 0 Å². The molecule has 33 heavy (non-hydrogen) atoms. The van der Waals surface area contributed by atoms with Crippen molar-refractivity contribution in [1.29, 1.82) is 0 Å². The summed E-state index contributed by atoms with van der Waals surface area (Å²) in [6.45, 7) is 2.40. The minimum absolute atomic E-state index is 0.157. The molecule has 0 aliphatic carbocycles. The summed E-state index contributed by atoms with van der Waals surface area (Å²) in [5, 5.41) is 20.8. The quantitative estimate of drug-likeness (QED) is 0.234. The standard InChI is InChI=1S/C25H31NO7/c1-2-3-4-5-16-32-24(29)22(17-19-8-13-21(14-9-19)33-25(30)31)26-23(28)15-10-18-6-11-20(27)12-7-18/h6-9,11-14,22,27H,2-5,10,15-17H2,1H3,(H,26,28)(H,30,31)/t22-/m0/s1. The van der Waals surface area contributed by atoms with Crippen molar-refractivity contribution in [2.45, 2.75) is 57.9 Å². The van der Waals surface area contributed by atoms with E-state index in [9.17, 15) is 19.5 Å². The van der Waals surface area contributed by atoms with E-state index in [2.05, 4.69) is 17.0 Å². The summed E-state index contributed by atoms with van der Waals surface area (Å²) >= 11 is 0. The molecule has 2 rings (SSSR count). The van der Waals surface area contributed by atoms with Crippen LogP contribution in [0.5, 0.6) is 11.5 Å². The molecule has 2 aromatic rings. The van der Waals surface area contributed by atoms with E-state index in [-0.39, 0.29) is 30.2 Å². The van der Waals surface area contributed by atoms with E-state index >= 15 is 0 Å². The molecule has 1 amide bonds. The first-order chi connectivity index (χ1) is 15.9. The van der Waals surface area contributed by atoms with Crippen molar-refractivity contribution in [2.75, 3.05) is 6.61 Å². The number of esters is 1. The van der Waals surface area contributed by atoms with Gasteiger partial charge in [0.25, 0.3) is 0 Å². The van der Waals surface area contributed by atoms with Crippen molar-refractivity contribution < 1.29 is 34.1 Å². The van der Waals surface area contributed by atoms with Gasteiger partial charge in [-0.1, -0.05) is 50.5 Å². The number of phenolic OH excluding ortho intramolecular Hbond substituents is 1. The van der Waals surface area contributed by atoms with E-state index in [0.717, 1.165) is 36.8 Å². The van der Waals surface area contributed by atoms with Gasteiger partial charge in [-0.05, 0) is 48.2 Å². The van der Waals surface area contributed by atoms with Gasteiger partial charge in [0.05, 0.1) is 6.61 Å². The molecule has 0 fully saturated rings. The van der Waals surface area contributed by atoms with E-state index in [1.807, 2.05) is 0 Å². The molecule has 2 aromatic carbocycles. The topological polar surface area (TPSA) is 122 Å². The fourth-order valence-electron chi connectivity index (χ4n) is 3.21. The molecular formula is C25H31NO7. The van der Waals surface area contributed by atoms with E-state index in [4.69, 9.17) is 9.84 Å². The number of benzene rings is 2. The molecule has 1 atom stereocenters. The van der Waals surface area contributed by atoms with Gasteiger partial charge >= 0.3 is 12.1 Å². The fourth-order valence-corrected chi connectivity index (χ4v) is 3.21. The first-order valence-electron chi connectivity index (χ1n) is 11.1. The molecule has 0 bridgehead atoms. The van der Waals surface area contributed by atoms with Crippen LogP contribution in [0.4, 0.5) is 4.79 Å². The Morgan fingerprint density at radius 2 is 1.61 bits per heavy atom. The highest BCUT2D eigenvalue weighted by Crippen LogP contribution is 2.15. The third kappa shape index (κ3) is 10.1. The molecule has 0 spiro atoms. The molecule has 0 heterocycles. The normalized spacial score (nSPS) is 11.4. The third-order valence-corrected chi connectivity index (χ3v) is 5.01. The van der Waals surface area contributed by atoms with Crippen molar-refractivity contribution >= 4 is 18.0 Å². The number of phenols is 1. The number of ether oxygens (including phenoxy) is 2. The van der Waals surface area contributed by atoms with Crippen molar-refractivity contribution in [3.05, 3.63) is 59.7 Å². The first-order valence-corrected chi connectivity index (χ1v) is 11.1. The molecular weight excluding hydrogens is 426 g/mol. The van der Waals surface area contributed by atoms with Gasteiger partial charge in [-0.25, -0.2) is 9.59 Å². The summed E-state index contributed by atoms with van der Waals surface area (Å²) in [7, 11) is 0. The Bertz CT molecular complexity index is 894. The van der Waals surface area contributed by atoms with Gasteiger partial charge in [0.2, 0.25) is 5.91 Å². The Kier molecular flexibility index (Phi) is 10.7. The highest BCUT2D eigenvalue weighted by Gasteiger charge is 2.23. The van der Waals surface area contributed by atoms with Crippen LogP contribution >= 0.6 is 0 Å². The summed E-state index contributed by atoms with van der Waals surface area (Å²) in [6.07, 6.45) is 3.32. The van der Waals surface area contributed by atoms with Crippen LogP contribution in [0.1, 0.15) is 50.2 Å². The van der Waals surface area contributed by atoms with Gasteiger partial charge in [0.15, 0.2) is 0 Å². The summed E-state index contributed by atoms with van der Waals surface area (Å²) in [5.41, 5.74) is 1.62. The Hall–Kier alpha value is -3.55. The molecule has 8 heteroatoms. The summed E-state index contributed by atoms with van der Waals surface area (Å²) < 4.78 is 9.98. The highest BCUT2D eigenvalue weighted by atomic mass is 16.7. The molecule has 3 N–H and O–H groups in total. The van der Waals surface area contributed by atoms with Crippen molar-refractivity contribution in [3.63, 3.8) is 0 Å². The SMILES string of the molecule is CCCCCCOC(=O)[C@H](Cc1ccc(OC(=O)O)cc1)NC(=O)CCc1ccc(O)cc1. The zero-order valence-corrected chi connectivity index (χ0v) is 18.8. The van der Waals surface area contributed by atoms with Crippen LogP contribution in [-0.4, -0.2) is 40.9 Å². The minimum atomic E-state index is -1.41. The molecule has 0 aromatic heterocycles. The van der Waals surface area contributed by atoms with Crippen LogP contribution in [0, 0.1) is 0 Å². The lowest BCUT2D eigenvalue weighted by atomic mass is 10.0. The molecule has 0 aliphatic rings. The molecule has 0 saturated heterocycles. The summed E-state index contributed by atoms with van der Waals surface area (Å²) in [4.78, 5) is 35.8. The molecule has 0 radical (unpaired) electrons. The van der Waals surface area contributed by atoms with Crippen molar-refractivity contribution in [3.8, 4) is 11.5 Å². The van der Waals surface area contributed by atoms with Gasteiger partial charge in [-0.3, -0.25) is 4.79 Å². The Labute approximate surface area is 193 Å². The van der Waals surface area contributed by atoms with Crippen LogP contribution in [-0.2, 0) is 27.2 Å². The second kappa shape index (κ2) is 13.8. The minimum Gasteiger partial charge on any atom is -0.508 e. The van der Waals surface area contributed by atoms with E-state index in [1.54, 1.807) is 36.4 Å². The lowest BCUT2D eigenvalue weighted by molar-refractivity contribution is -0.148. The highest BCUT2D eigenvalue weighted by molar-refractivity contribution is 5.84. The average Bonchev–Trinajstić information content (AvgIpc) is 2.79. The predicted octanol–water partition coefficient (Wildman–Crippen LogP) is 4.23. The number of aromatic hydroxyl groups is 1. The maximum absolute atomic E-state index is 12.7. The van der Waals surface area contributed by atoms with E-state index in [1.165, 1.54) is 12.1 Å². The fraction of sp³-hybridized carbons (Fsp3) is 0.400. The zero-order valence-electron chi connectivity index (χ0n) is 18.8. The maximum atomic E-state index is 12.7. The predicted molar refractivity (Wildman–Crippen MR) is 122 cm³/mol. The monoisotopic (exact) mass is 457 g/mol. The Morgan fingerprint density at radius 3 is 2.24 bits per heavy atom. The number of unbranched alkanes of at least 4 members (excludes halogenated alkanes) is 3. The summed E-state index contributed by atoms with van der Waals surface area (Å²) in [5.74, 6) is -0.471. The molecule has 0 aliphatic heterocycles. The Morgan fingerprint density at radius 1 is 0.939 bits per heavy atom. The number of rotatable bonds is 13. The van der Waals surface area contributed by atoms with Gasteiger partial charge in [0, 0.05) is 12.8 Å². The van der Waals surface area contributed by atoms with Crippen LogP contribution in [0.2, 0.25) is 0 Å². The molecule has 0 unspecified atom stereocenters. The van der Waals surface area contributed by atoms with Gasteiger partial charge < -0.3 is 25.0 Å². The van der Waals surface area contributed by atoms with Crippen molar-refractivity contribution in [1.82, 2.24) is 5.32 Å². The van der Waals surface area contributed by atoms with E-state index < -0.39 is 18.2 Å². The maximum Gasteiger partial charge on any atom is 0.511 e. The first kappa shape index (κ1) is 25.7. The second-order valence-electron chi connectivity index (χ2n) is 7.73. The number of nitrogens with one attached hydrogen (secondary N) is 1. The van der Waals surface area contributed by atoms with Crippen LogP contribution < -0.4 is 10.1 Å². The Balaban J connectivity index is 1.97. The van der Waals surface area contributed by atoms with Gasteiger partial charge in [-0.15, -0.1) is 0 Å². The molecule has 8 nitrogen and oxygen atoms in total. The number of aryl methyl sites for hydroxylation is 1. The molecule has 178 valence electrons. The second-order valence-corrected chi connectivity index (χ2v) is 7.73. The lowest BCUT2D eigenvalue weighted by Crippen LogP contribution is -2.43. The number of carbonyl (C=O) groups excluding carboxylic acids is 2. The van der Waals surface area contributed by atoms with Crippen LogP contribution in [0.25, 0.3) is 0 Å². The number of hydrogen-bond donors (Lipinski definition) is 3. The average molecular weight is 458 g/mol. The van der Waals surface area contributed by atoms with Crippen LogP contribution in [0.15, 0.2) is 48.5 Å². The largest absolute Gasteiger partial charge is 0.511 e. The lowest BCUT2D eigenvalue weighted by Gasteiger charge is -2.18. The number of amides is 1. The number of hydrogen-bond acceptors (Lipinski definition) is 6. The summed E-state index contributed by atoms with van der Waals surface area (Å²) in [6, 6.07) is 12.0. The third-order valence-electron chi connectivity index (χ3n) is 5.01. The number of carboxylic acid groups (broad SMARTS) is 1. The van der Waals surface area contributed by atoms with Gasteiger partial charge in [-0.2, -0.15) is 0 Å².